The van der Waals surface area contributed by atoms with Crippen molar-refractivity contribution in [2.24, 2.45) is 7.05 Å². The van der Waals surface area contributed by atoms with E-state index >= 15 is 0 Å². The molecule has 0 bridgehead atoms. The molecule has 1 aromatic heterocycles. The molecule has 5 heteroatoms. The maximum atomic E-state index is 12.3. The van der Waals surface area contributed by atoms with Crippen LogP contribution in [0.2, 0.25) is 0 Å². The van der Waals surface area contributed by atoms with E-state index in [1.165, 1.54) is 0 Å². The summed E-state index contributed by atoms with van der Waals surface area (Å²) in [5.74, 6) is 0.828. The summed E-state index contributed by atoms with van der Waals surface area (Å²) in [5, 5.41) is 0. The molecule has 0 spiro atoms. The number of benzene rings is 1. The van der Waals surface area contributed by atoms with Gasteiger partial charge in [-0.1, -0.05) is 18.2 Å². The summed E-state index contributed by atoms with van der Waals surface area (Å²) in [4.78, 5) is 18.2. The molecule has 0 unspecified atom stereocenters. The SMILES string of the molecule is Cn1cnc(C(=O)N2CC[C@H](Oc3ccccc3)C2)c1. The molecule has 2 aromatic rings. The summed E-state index contributed by atoms with van der Waals surface area (Å²) < 4.78 is 7.66. The number of rotatable bonds is 3. The van der Waals surface area contributed by atoms with E-state index in [1.54, 1.807) is 22.0 Å². The first-order valence-corrected chi connectivity index (χ1v) is 6.71. The predicted molar refractivity (Wildman–Crippen MR) is 74.6 cm³/mol. The Morgan fingerprint density at radius 1 is 1.35 bits per heavy atom. The van der Waals surface area contributed by atoms with Crippen LogP contribution in [0.4, 0.5) is 0 Å². The van der Waals surface area contributed by atoms with Crippen molar-refractivity contribution in [3.8, 4) is 5.75 Å². The Hall–Kier alpha value is -2.30. The number of carbonyl (C=O) groups is 1. The summed E-state index contributed by atoms with van der Waals surface area (Å²) in [5.41, 5.74) is 0.493. The normalized spacial score (nSPS) is 18.2. The largest absolute Gasteiger partial charge is 0.489 e. The molecule has 1 aliphatic heterocycles. The molecule has 20 heavy (non-hydrogen) atoms. The van der Waals surface area contributed by atoms with Gasteiger partial charge in [-0.2, -0.15) is 0 Å². The maximum Gasteiger partial charge on any atom is 0.274 e. The van der Waals surface area contributed by atoms with Crippen molar-refractivity contribution < 1.29 is 9.53 Å². The Kier molecular flexibility index (Phi) is 3.41. The lowest BCUT2D eigenvalue weighted by molar-refractivity contribution is 0.0767. The van der Waals surface area contributed by atoms with Crippen molar-refractivity contribution in [3.63, 3.8) is 0 Å². The molecule has 1 amide bonds. The lowest BCUT2D eigenvalue weighted by Gasteiger charge is -2.16. The highest BCUT2D eigenvalue weighted by Crippen LogP contribution is 2.19. The molecule has 1 fully saturated rings. The third-order valence-corrected chi connectivity index (χ3v) is 3.40. The number of hydrogen-bond acceptors (Lipinski definition) is 3. The molecule has 0 radical (unpaired) electrons. The molecule has 5 nitrogen and oxygen atoms in total. The van der Waals surface area contributed by atoms with E-state index in [2.05, 4.69) is 4.98 Å². The van der Waals surface area contributed by atoms with Crippen LogP contribution in [0.25, 0.3) is 0 Å². The number of aryl methyl sites for hydroxylation is 1. The van der Waals surface area contributed by atoms with Gasteiger partial charge < -0.3 is 14.2 Å². The van der Waals surface area contributed by atoms with Gasteiger partial charge in [0, 0.05) is 26.2 Å². The van der Waals surface area contributed by atoms with Gasteiger partial charge in [-0.25, -0.2) is 4.98 Å². The fourth-order valence-corrected chi connectivity index (χ4v) is 2.39. The molecule has 0 saturated carbocycles. The molecule has 1 atom stereocenters. The molecular weight excluding hydrogens is 254 g/mol. The quantitative estimate of drug-likeness (QED) is 0.854. The summed E-state index contributed by atoms with van der Waals surface area (Å²) >= 11 is 0. The number of amides is 1. The molecule has 1 aliphatic rings. The second kappa shape index (κ2) is 5.36. The number of likely N-dealkylation sites (tertiary alicyclic amines) is 1. The molecule has 0 N–H and O–H groups in total. The average Bonchev–Trinajstić information content (AvgIpc) is 3.08. The van der Waals surface area contributed by atoms with Gasteiger partial charge in [-0.15, -0.1) is 0 Å². The first-order chi connectivity index (χ1) is 9.72. The Morgan fingerprint density at radius 3 is 2.85 bits per heavy atom. The minimum Gasteiger partial charge on any atom is -0.489 e. The van der Waals surface area contributed by atoms with Gasteiger partial charge in [0.05, 0.1) is 12.9 Å². The number of carbonyl (C=O) groups excluding carboxylic acids is 1. The second-order valence-electron chi connectivity index (χ2n) is 5.02. The van der Waals surface area contributed by atoms with Crippen molar-refractivity contribution in [1.82, 2.24) is 14.5 Å². The van der Waals surface area contributed by atoms with Crippen LogP contribution in [0.3, 0.4) is 0 Å². The summed E-state index contributed by atoms with van der Waals surface area (Å²) in [6.45, 7) is 1.33. The van der Waals surface area contributed by atoms with Crippen LogP contribution in [0, 0.1) is 0 Å². The minimum atomic E-state index is -0.0234. The van der Waals surface area contributed by atoms with Gasteiger partial charge in [-0.3, -0.25) is 4.79 Å². The van der Waals surface area contributed by atoms with E-state index in [9.17, 15) is 4.79 Å². The number of nitrogens with zero attached hydrogens (tertiary/aromatic N) is 3. The van der Waals surface area contributed by atoms with Gasteiger partial charge in [0.25, 0.3) is 5.91 Å². The van der Waals surface area contributed by atoms with Crippen molar-refractivity contribution in [1.29, 1.82) is 0 Å². The third kappa shape index (κ3) is 2.66. The first-order valence-electron chi connectivity index (χ1n) is 6.71. The van der Waals surface area contributed by atoms with Crippen LogP contribution >= 0.6 is 0 Å². The zero-order chi connectivity index (χ0) is 13.9. The highest BCUT2D eigenvalue weighted by Gasteiger charge is 2.29. The van der Waals surface area contributed by atoms with E-state index in [4.69, 9.17) is 4.74 Å². The van der Waals surface area contributed by atoms with Crippen molar-refractivity contribution >= 4 is 5.91 Å². The number of ether oxygens (including phenoxy) is 1. The topological polar surface area (TPSA) is 47.4 Å². The Morgan fingerprint density at radius 2 is 2.15 bits per heavy atom. The van der Waals surface area contributed by atoms with Crippen LogP contribution in [0.5, 0.6) is 5.75 Å². The molecule has 3 rings (SSSR count). The van der Waals surface area contributed by atoms with Gasteiger partial charge in [0.15, 0.2) is 0 Å². The molecular formula is C15H17N3O2. The minimum absolute atomic E-state index is 0.0234. The molecule has 1 saturated heterocycles. The van der Waals surface area contributed by atoms with Crippen LogP contribution in [0.1, 0.15) is 16.9 Å². The summed E-state index contributed by atoms with van der Waals surface area (Å²) in [6, 6.07) is 9.72. The zero-order valence-corrected chi connectivity index (χ0v) is 11.4. The third-order valence-electron chi connectivity index (χ3n) is 3.40. The van der Waals surface area contributed by atoms with E-state index in [0.717, 1.165) is 12.2 Å². The smallest absolute Gasteiger partial charge is 0.274 e. The van der Waals surface area contributed by atoms with Crippen molar-refractivity contribution in [3.05, 3.63) is 48.5 Å². The number of hydrogen-bond donors (Lipinski definition) is 0. The van der Waals surface area contributed by atoms with Gasteiger partial charge in [-0.05, 0) is 12.1 Å². The van der Waals surface area contributed by atoms with Gasteiger partial charge in [0.2, 0.25) is 0 Å². The molecule has 0 aliphatic carbocycles. The Labute approximate surface area is 117 Å². The van der Waals surface area contributed by atoms with Gasteiger partial charge in [0.1, 0.15) is 17.5 Å². The Balaban J connectivity index is 1.61. The predicted octanol–water partition coefficient (Wildman–Crippen LogP) is 1.71. The summed E-state index contributed by atoms with van der Waals surface area (Å²) in [7, 11) is 1.86. The van der Waals surface area contributed by atoms with Crippen LogP contribution in [0.15, 0.2) is 42.9 Å². The zero-order valence-electron chi connectivity index (χ0n) is 11.4. The van der Waals surface area contributed by atoms with E-state index in [-0.39, 0.29) is 12.0 Å². The first kappa shape index (κ1) is 12.7. The van der Waals surface area contributed by atoms with E-state index in [1.807, 2.05) is 37.4 Å². The standard InChI is InChI=1S/C15H17N3O2/c1-17-10-14(16-11-17)15(19)18-8-7-13(9-18)20-12-5-3-2-4-6-12/h2-6,10-11,13H,7-9H2,1H3/t13-/m0/s1. The fraction of sp³-hybridized carbons (Fsp3) is 0.333. The molecule has 2 heterocycles. The fourth-order valence-electron chi connectivity index (χ4n) is 2.39. The molecule has 1 aromatic carbocycles. The summed E-state index contributed by atoms with van der Waals surface area (Å²) in [6.07, 6.45) is 4.30. The van der Waals surface area contributed by atoms with Crippen LogP contribution in [-0.4, -0.2) is 39.6 Å². The Bertz CT molecular complexity index is 594. The molecule has 104 valence electrons. The van der Waals surface area contributed by atoms with Crippen molar-refractivity contribution in [2.75, 3.05) is 13.1 Å². The van der Waals surface area contributed by atoms with Crippen LogP contribution in [-0.2, 0) is 7.05 Å². The highest BCUT2D eigenvalue weighted by molar-refractivity contribution is 5.92. The number of imidazole rings is 1. The average molecular weight is 271 g/mol. The number of para-hydroxylation sites is 1. The van der Waals surface area contributed by atoms with E-state index in [0.29, 0.717) is 18.8 Å². The van der Waals surface area contributed by atoms with Crippen molar-refractivity contribution in [2.45, 2.75) is 12.5 Å². The van der Waals surface area contributed by atoms with E-state index < -0.39 is 0 Å². The maximum absolute atomic E-state index is 12.3. The van der Waals surface area contributed by atoms with Gasteiger partial charge >= 0.3 is 0 Å². The lowest BCUT2D eigenvalue weighted by atomic mass is 10.3. The highest BCUT2D eigenvalue weighted by atomic mass is 16.5. The lowest BCUT2D eigenvalue weighted by Crippen LogP contribution is -2.31. The van der Waals surface area contributed by atoms with Crippen LogP contribution < -0.4 is 4.74 Å². The number of aromatic nitrogens is 2. The second-order valence-corrected chi connectivity index (χ2v) is 5.02. The monoisotopic (exact) mass is 271 g/mol.